The van der Waals surface area contributed by atoms with Gasteiger partial charge in [0.1, 0.15) is 0 Å². The highest BCUT2D eigenvalue weighted by molar-refractivity contribution is 5.77. The van der Waals surface area contributed by atoms with Crippen LogP contribution in [0.25, 0.3) is 0 Å². The van der Waals surface area contributed by atoms with Crippen molar-refractivity contribution in [1.29, 1.82) is 0 Å². The van der Waals surface area contributed by atoms with Crippen LogP contribution in [0.5, 0.6) is 0 Å². The number of nitrogens with zero attached hydrogens (tertiary/aromatic N) is 1. The van der Waals surface area contributed by atoms with Gasteiger partial charge in [-0.2, -0.15) is 0 Å². The molecule has 0 saturated heterocycles. The van der Waals surface area contributed by atoms with Crippen LogP contribution in [0.1, 0.15) is 25.8 Å². The fourth-order valence-corrected chi connectivity index (χ4v) is 1.69. The van der Waals surface area contributed by atoms with Crippen molar-refractivity contribution < 1.29 is 14.7 Å². The molecule has 1 aromatic carbocycles. The lowest BCUT2D eigenvalue weighted by molar-refractivity contribution is -0.143. The van der Waals surface area contributed by atoms with Crippen molar-refractivity contribution in [2.45, 2.75) is 26.8 Å². The summed E-state index contributed by atoms with van der Waals surface area (Å²) >= 11 is 0. The van der Waals surface area contributed by atoms with Crippen LogP contribution < -0.4 is 0 Å². The normalized spacial score (nSPS) is 11.9. The van der Waals surface area contributed by atoms with E-state index in [1.807, 2.05) is 30.3 Å². The van der Waals surface area contributed by atoms with E-state index >= 15 is 0 Å². The van der Waals surface area contributed by atoms with Crippen LogP contribution in [0.4, 0.5) is 0 Å². The number of benzene rings is 1. The smallest absolute Gasteiger partial charge is 0.308 e. The molecule has 0 fully saturated rings. The van der Waals surface area contributed by atoms with Crippen LogP contribution in [-0.4, -0.2) is 28.4 Å². The first kappa shape index (κ1) is 14.2. The third-order valence-corrected chi connectivity index (χ3v) is 2.79. The van der Waals surface area contributed by atoms with Crippen molar-refractivity contribution in [1.82, 2.24) is 4.90 Å². The predicted octanol–water partition coefficient (Wildman–Crippen LogP) is 2.15. The molecule has 1 amide bonds. The number of carboxylic acids is 1. The summed E-state index contributed by atoms with van der Waals surface area (Å²) in [6, 6.07) is 9.59. The van der Waals surface area contributed by atoms with Gasteiger partial charge in [0.15, 0.2) is 0 Å². The van der Waals surface area contributed by atoms with Crippen LogP contribution in [0, 0.1) is 5.92 Å². The number of rotatable bonds is 6. The Kier molecular flexibility index (Phi) is 5.36. The fraction of sp³-hybridized carbons (Fsp3) is 0.429. The predicted molar refractivity (Wildman–Crippen MR) is 68.9 cm³/mol. The molecule has 1 N–H and O–H groups in total. The molecule has 4 heteroatoms. The van der Waals surface area contributed by atoms with Crippen molar-refractivity contribution in [3.63, 3.8) is 0 Å². The molecule has 0 aliphatic rings. The first-order valence-corrected chi connectivity index (χ1v) is 6.09. The van der Waals surface area contributed by atoms with E-state index in [1.165, 1.54) is 0 Å². The Bertz CT molecular complexity index is 403. The highest BCUT2D eigenvalue weighted by Crippen LogP contribution is 2.09. The zero-order valence-corrected chi connectivity index (χ0v) is 10.8. The quantitative estimate of drug-likeness (QED) is 0.840. The van der Waals surface area contributed by atoms with Gasteiger partial charge in [-0.1, -0.05) is 44.2 Å². The highest BCUT2D eigenvalue weighted by atomic mass is 16.4. The summed E-state index contributed by atoms with van der Waals surface area (Å²) < 4.78 is 0. The van der Waals surface area contributed by atoms with Gasteiger partial charge in [-0.05, 0) is 5.56 Å². The Hall–Kier alpha value is -1.84. The van der Waals surface area contributed by atoms with Gasteiger partial charge < -0.3 is 10.0 Å². The number of amides is 1. The molecule has 18 heavy (non-hydrogen) atoms. The molecule has 1 aromatic rings. The lowest BCUT2D eigenvalue weighted by atomic mass is 10.1. The van der Waals surface area contributed by atoms with E-state index in [-0.39, 0.29) is 12.5 Å². The number of hydrogen-bond donors (Lipinski definition) is 1. The second-order valence-corrected chi connectivity index (χ2v) is 4.35. The fourth-order valence-electron chi connectivity index (χ4n) is 1.69. The molecule has 0 aromatic heterocycles. The molecule has 0 heterocycles. The number of carboxylic acid groups (broad SMARTS) is 1. The molecule has 0 bridgehead atoms. The summed E-state index contributed by atoms with van der Waals surface area (Å²) in [4.78, 5) is 24.3. The molecular formula is C14H19NO3. The summed E-state index contributed by atoms with van der Waals surface area (Å²) in [5, 5.41) is 8.91. The van der Waals surface area contributed by atoms with E-state index in [1.54, 1.807) is 18.7 Å². The molecule has 4 nitrogen and oxygen atoms in total. The third kappa shape index (κ3) is 4.20. The Balaban J connectivity index is 2.73. The van der Waals surface area contributed by atoms with Crippen LogP contribution in [0.15, 0.2) is 30.3 Å². The van der Waals surface area contributed by atoms with Gasteiger partial charge >= 0.3 is 5.97 Å². The summed E-state index contributed by atoms with van der Waals surface area (Å²) in [6.45, 7) is 4.11. The number of aliphatic carboxylic acids is 1. The Labute approximate surface area is 107 Å². The lowest BCUT2D eigenvalue weighted by Gasteiger charge is -2.24. The van der Waals surface area contributed by atoms with Gasteiger partial charge in [-0.15, -0.1) is 0 Å². The summed E-state index contributed by atoms with van der Waals surface area (Å²) in [6.07, 6.45) is 0.388. The first-order chi connectivity index (χ1) is 8.54. The van der Waals surface area contributed by atoms with Crippen LogP contribution >= 0.6 is 0 Å². The van der Waals surface area contributed by atoms with Crippen LogP contribution in [-0.2, 0) is 16.1 Å². The zero-order chi connectivity index (χ0) is 13.5. The van der Waals surface area contributed by atoms with Gasteiger partial charge in [0.2, 0.25) is 5.91 Å². The molecule has 1 unspecified atom stereocenters. The van der Waals surface area contributed by atoms with Gasteiger partial charge in [0, 0.05) is 19.5 Å². The second-order valence-electron chi connectivity index (χ2n) is 4.35. The maximum atomic E-state index is 11.8. The Morgan fingerprint density at radius 3 is 2.39 bits per heavy atom. The van der Waals surface area contributed by atoms with Gasteiger partial charge in [0.05, 0.1) is 5.92 Å². The topological polar surface area (TPSA) is 57.6 Å². The minimum atomic E-state index is -0.878. The van der Waals surface area contributed by atoms with E-state index in [9.17, 15) is 9.59 Å². The summed E-state index contributed by atoms with van der Waals surface area (Å²) in [5.74, 6) is -1.45. The molecule has 1 rings (SSSR count). The molecule has 0 spiro atoms. The van der Waals surface area contributed by atoms with E-state index < -0.39 is 11.9 Å². The summed E-state index contributed by atoms with van der Waals surface area (Å²) in [5.41, 5.74) is 1.01. The average Bonchev–Trinajstić information content (AvgIpc) is 2.38. The number of carbonyl (C=O) groups is 2. The maximum Gasteiger partial charge on any atom is 0.308 e. The van der Waals surface area contributed by atoms with Crippen LogP contribution in [0.2, 0.25) is 0 Å². The minimum absolute atomic E-state index is 0.0213. The van der Waals surface area contributed by atoms with Gasteiger partial charge in [0.25, 0.3) is 0 Å². The van der Waals surface area contributed by atoms with Crippen molar-refractivity contribution in [2.24, 2.45) is 5.92 Å². The highest BCUT2D eigenvalue weighted by Gasteiger charge is 2.19. The summed E-state index contributed by atoms with van der Waals surface area (Å²) in [7, 11) is 0. The largest absolute Gasteiger partial charge is 0.481 e. The Morgan fingerprint density at radius 1 is 1.28 bits per heavy atom. The molecule has 0 aliphatic carbocycles. The molecular weight excluding hydrogens is 230 g/mol. The molecule has 1 atom stereocenters. The molecule has 0 radical (unpaired) electrons. The minimum Gasteiger partial charge on any atom is -0.481 e. The second kappa shape index (κ2) is 6.79. The lowest BCUT2D eigenvalue weighted by Crippen LogP contribution is -2.36. The zero-order valence-electron chi connectivity index (χ0n) is 10.8. The van der Waals surface area contributed by atoms with Gasteiger partial charge in [-0.3, -0.25) is 9.59 Å². The SMILES string of the molecule is CCC(=O)N(Cc1ccccc1)CC(C)C(=O)O. The molecule has 0 saturated carbocycles. The van der Waals surface area contributed by atoms with Crippen molar-refractivity contribution >= 4 is 11.9 Å². The van der Waals surface area contributed by atoms with E-state index in [0.717, 1.165) is 5.56 Å². The van der Waals surface area contributed by atoms with E-state index in [2.05, 4.69) is 0 Å². The third-order valence-electron chi connectivity index (χ3n) is 2.79. The van der Waals surface area contributed by atoms with Gasteiger partial charge in [-0.25, -0.2) is 0 Å². The van der Waals surface area contributed by atoms with Crippen molar-refractivity contribution in [3.8, 4) is 0 Å². The van der Waals surface area contributed by atoms with E-state index in [0.29, 0.717) is 13.0 Å². The maximum absolute atomic E-state index is 11.8. The Morgan fingerprint density at radius 2 is 1.89 bits per heavy atom. The van der Waals surface area contributed by atoms with Crippen LogP contribution in [0.3, 0.4) is 0 Å². The monoisotopic (exact) mass is 249 g/mol. The number of carbonyl (C=O) groups excluding carboxylic acids is 1. The van der Waals surface area contributed by atoms with Crippen molar-refractivity contribution in [2.75, 3.05) is 6.54 Å². The van der Waals surface area contributed by atoms with Crippen molar-refractivity contribution in [3.05, 3.63) is 35.9 Å². The van der Waals surface area contributed by atoms with E-state index in [4.69, 9.17) is 5.11 Å². The first-order valence-electron chi connectivity index (χ1n) is 6.09. The average molecular weight is 249 g/mol. The molecule has 98 valence electrons. The standard InChI is InChI=1S/C14H19NO3/c1-3-13(16)15(9-11(2)14(17)18)10-12-7-5-4-6-8-12/h4-8,11H,3,9-10H2,1-2H3,(H,17,18). The number of hydrogen-bond acceptors (Lipinski definition) is 2. The molecule has 0 aliphatic heterocycles.